The lowest BCUT2D eigenvalue weighted by Crippen LogP contribution is -2.55. The lowest BCUT2D eigenvalue weighted by atomic mass is 10.3. The first-order valence-electron chi connectivity index (χ1n) is 9.57. The van der Waals surface area contributed by atoms with Crippen LogP contribution in [0.3, 0.4) is 0 Å². The number of aryl methyl sites for hydroxylation is 1. The lowest BCUT2D eigenvalue weighted by molar-refractivity contribution is -0.120. The molecule has 0 aliphatic carbocycles. The molecule has 1 aliphatic rings. The van der Waals surface area contributed by atoms with E-state index in [2.05, 4.69) is 25.7 Å². The van der Waals surface area contributed by atoms with Crippen LogP contribution in [0.4, 0.5) is 11.5 Å². The van der Waals surface area contributed by atoms with Crippen molar-refractivity contribution in [3.8, 4) is 0 Å². The van der Waals surface area contributed by atoms with Gasteiger partial charge in [-0.2, -0.15) is 5.10 Å². The Kier molecular flexibility index (Phi) is 6.83. The summed E-state index contributed by atoms with van der Waals surface area (Å²) < 4.78 is 1.71. The Labute approximate surface area is 165 Å². The predicted molar refractivity (Wildman–Crippen MR) is 110 cm³/mol. The summed E-state index contributed by atoms with van der Waals surface area (Å²) in [6.07, 6.45) is 7.39. The minimum Gasteiger partial charge on any atom is -0.370 e. The second kappa shape index (κ2) is 9.72. The summed E-state index contributed by atoms with van der Waals surface area (Å²) in [5, 5.41) is 10.8. The van der Waals surface area contributed by atoms with Crippen LogP contribution in [0.1, 0.15) is 12.8 Å². The van der Waals surface area contributed by atoms with Gasteiger partial charge in [0.15, 0.2) is 5.96 Å². The Balaban J connectivity index is 1.38. The average molecular weight is 384 g/mol. The molecule has 0 unspecified atom stereocenters. The minimum absolute atomic E-state index is 0.0572. The van der Waals surface area contributed by atoms with Crippen LogP contribution in [-0.4, -0.2) is 71.3 Å². The van der Waals surface area contributed by atoms with Gasteiger partial charge < -0.3 is 20.4 Å². The largest absolute Gasteiger partial charge is 0.370 e. The zero-order chi connectivity index (χ0) is 19.8. The van der Waals surface area contributed by atoms with Gasteiger partial charge in [-0.05, 0) is 25.0 Å². The molecule has 2 aromatic rings. The smallest absolute Gasteiger partial charge is 0.246 e. The monoisotopic (exact) mass is 384 g/mol. The normalized spacial score (nSPS) is 15.1. The van der Waals surface area contributed by atoms with Crippen molar-refractivity contribution in [3.05, 3.63) is 36.8 Å². The molecule has 0 aromatic carbocycles. The number of nitrogens with one attached hydrogen (secondary N) is 2. The zero-order valence-corrected chi connectivity index (χ0v) is 16.5. The molecule has 1 fully saturated rings. The Morgan fingerprint density at radius 1 is 1.25 bits per heavy atom. The highest BCUT2D eigenvalue weighted by Crippen LogP contribution is 2.16. The molecule has 0 saturated carbocycles. The fourth-order valence-corrected chi connectivity index (χ4v) is 3.14. The third kappa shape index (κ3) is 5.21. The predicted octanol–water partition coefficient (Wildman–Crippen LogP) is 0.931. The van der Waals surface area contributed by atoms with E-state index < -0.39 is 0 Å². The third-order valence-electron chi connectivity index (χ3n) is 4.59. The summed E-state index contributed by atoms with van der Waals surface area (Å²) in [4.78, 5) is 24.9. The number of piperazine rings is 1. The van der Waals surface area contributed by atoms with Crippen LogP contribution in [0.15, 0.2) is 41.8 Å². The molecule has 1 saturated heterocycles. The van der Waals surface area contributed by atoms with E-state index in [-0.39, 0.29) is 5.91 Å². The SMILES string of the molecule is CN=C(NCCCCNc1ccccn1)N1CCN(c2cnn(C)c2)C(=O)C1. The van der Waals surface area contributed by atoms with E-state index in [1.54, 1.807) is 29.0 Å². The van der Waals surface area contributed by atoms with E-state index >= 15 is 0 Å². The van der Waals surface area contributed by atoms with E-state index in [4.69, 9.17) is 0 Å². The first-order valence-corrected chi connectivity index (χ1v) is 9.57. The van der Waals surface area contributed by atoms with E-state index in [1.807, 2.05) is 36.3 Å². The number of anilines is 2. The van der Waals surface area contributed by atoms with Crippen LogP contribution in [0.5, 0.6) is 0 Å². The number of guanidine groups is 1. The van der Waals surface area contributed by atoms with Gasteiger partial charge in [0.2, 0.25) is 5.91 Å². The highest BCUT2D eigenvalue weighted by atomic mass is 16.2. The fraction of sp³-hybridized carbons (Fsp3) is 0.474. The molecule has 2 N–H and O–H groups in total. The number of amides is 1. The molecule has 0 radical (unpaired) electrons. The van der Waals surface area contributed by atoms with Crippen LogP contribution in [0, 0.1) is 0 Å². The number of rotatable bonds is 7. The number of carbonyl (C=O) groups is 1. The molecule has 2 aromatic heterocycles. The summed E-state index contributed by atoms with van der Waals surface area (Å²) in [7, 11) is 3.60. The van der Waals surface area contributed by atoms with E-state index in [0.717, 1.165) is 49.9 Å². The fourth-order valence-electron chi connectivity index (χ4n) is 3.14. The Morgan fingerprint density at radius 3 is 2.79 bits per heavy atom. The number of unbranched alkanes of at least 4 members (excludes halogenated alkanes) is 1. The standard InChI is InChI=1S/C19H28N8O/c1-20-19(23-10-6-5-9-22-17-7-3-4-8-21-17)26-11-12-27(18(28)15-26)16-13-24-25(2)14-16/h3-4,7-8,13-14H,5-6,9-12,15H2,1-2H3,(H,20,23)(H,21,22). The zero-order valence-electron chi connectivity index (χ0n) is 16.5. The molecule has 0 atom stereocenters. The highest BCUT2D eigenvalue weighted by molar-refractivity contribution is 5.98. The van der Waals surface area contributed by atoms with Crippen LogP contribution in [0.25, 0.3) is 0 Å². The molecule has 150 valence electrons. The van der Waals surface area contributed by atoms with Gasteiger partial charge in [-0.25, -0.2) is 4.98 Å². The second-order valence-electron chi connectivity index (χ2n) is 6.66. The topological polar surface area (TPSA) is 90.7 Å². The maximum absolute atomic E-state index is 12.5. The first-order chi connectivity index (χ1) is 13.7. The summed E-state index contributed by atoms with van der Waals surface area (Å²) in [6, 6.07) is 5.83. The highest BCUT2D eigenvalue weighted by Gasteiger charge is 2.27. The number of pyridine rings is 1. The summed E-state index contributed by atoms with van der Waals surface area (Å²) in [5.74, 6) is 1.73. The Hall–Kier alpha value is -3.10. The maximum Gasteiger partial charge on any atom is 0.246 e. The van der Waals surface area contributed by atoms with E-state index in [0.29, 0.717) is 13.1 Å². The van der Waals surface area contributed by atoms with Gasteiger partial charge in [-0.3, -0.25) is 14.5 Å². The minimum atomic E-state index is 0.0572. The number of aromatic nitrogens is 3. The van der Waals surface area contributed by atoms with Crippen molar-refractivity contribution in [3.63, 3.8) is 0 Å². The third-order valence-corrected chi connectivity index (χ3v) is 4.59. The molecule has 1 aliphatic heterocycles. The quantitative estimate of drug-likeness (QED) is 0.419. The van der Waals surface area contributed by atoms with Crippen molar-refractivity contribution < 1.29 is 4.79 Å². The van der Waals surface area contributed by atoms with Gasteiger partial charge in [0.1, 0.15) is 12.4 Å². The summed E-state index contributed by atoms with van der Waals surface area (Å²) >= 11 is 0. The number of nitrogens with zero attached hydrogens (tertiary/aromatic N) is 6. The summed E-state index contributed by atoms with van der Waals surface area (Å²) in [5.41, 5.74) is 0.843. The molecular formula is C19H28N8O. The second-order valence-corrected chi connectivity index (χ2v) is 6.66. The molecule has 0 spiro atoms. The number of aliphatic imine (C=N–C) groups is 1. The van der Waals surface area contributed by atoms with Gasteiger partial charge in [0.05, 0.1) is 11.9 Å². The lowest BCUT2D eigenvalue weighted by Gasteiger charge is -2.35. The Bertz CT molecular complexity index is 788. The Morgan fingerprint density at radius 2 is 2.11 bits per heavy atom. The molecule has 3 rings (SSSR count). The molecule has 9 nitrogen and oxygen atoms in total. The molecule has 1 amide bonds. The van der Waals surface area contributed by atoms with Gasteiger partial charge in [-0.15, -0.1) is 0 Å². The van der Waals surface area contributed by atoms with Gasteiger partial charge in [0, 0.05) is 52.7 Å². The van der Waals surface area contributed by atoms with E-state index in [1.165, 1.54) is 0 Å². The number of hydrogen-bond acceptors (Lipinski definition) is 5. The first kappa shape index (κ1) is 19.7. The molecule has 28 heavy (non-hydrogen) atoms. The van der Waals surface area contributed by atoms with Crippen molar-refractivity contribution in [2.24, 2.45) is 12.0 Å². The molecule has 3 heterocycles. The van der Waals surface area contributed by atoms with Gasteiger partial charge >= 0.3 is 0 Å². The summed E-state index contributed by atoms with van der Waals surface area (Å²) in [6.45, 7) is 3.36. The van der Waals surface area contributed by atoms with Gasteiger partial charge in [0.25, 0.3) is 0 Å². The number of hydrogen-bond donors (Lipinski definition) is 2. The van der Waals surface area contributed by atoms with Crippen LogP contribution < -0.4 is 15.5 Å². The number of carbonyl (C=O) groups excluding carboxylic acids is 1. The average Bonchev–Trinajstić information content (AvgIpc) is 3.14. The van der Waals surface area contributed by atoms with Crippen LogP contribution in [-0.2, 0) is 11.8 Å². The maximum atomic E-state index is 12.5. The van der Waals surface area contributed by atoms with Crippen molar-refractivity contribution in [2.45, 2.75) is 12.8 Å². The molecule has 0 bridgehead atoms. The van der Waals surface area contributed by atoms with Crippen molar-refractivity contribution in [2.75, 3.05) is 50.0 Å². The molecular weight excluding hydrogens is 356 g/mol. The van der Waals surface area contributed by atoms with Crippen LogP contribution in [0.2, 0.25) is 0 Å². The van der Waals surface area contributed by atoms with Crippen molar-refractivity contribution in [1.29, 1.82) is 0 Å². The van der Waals surface area contributed by atoms with Crippen molar-refractivity contribution in [1.82, 2.24) is 25.0 Å². The molecule has 9 heteroatoms. The van der Waals surface area contributed by atoms with Crippen molar-refractivity contribution >= 4 is 23.4 Å². The van der Waals surface area contributed by atoms with Crippen LogP contribution >= 0.6 is 0 Å². The van der Waals surface area contributed by atoms with E-state index in [9.17, 15) is 4.79 Å². The van der Waals surface area contributed by atoms with Gasteiger partial charge in [-0.1, -0.05) is 6.07 Å².